The maximum absolute atomic E-state index is 12.3. The van der Waals surface area contributed by atoms with Crippen LogP contribution in [-0.2, 0) is 16.1 Å². The number of carbonyl (C=O) groups is 2. The molecule has 0 spiro atoms. The molecule has 9 nitrogen and oxygen atoms in total. The summed E-state index contributed by atoms with van der Waals surface area (Å²) in [5.41, 5.74) is 7.32. The Morgan fingerprint density at radius 3 is 2.97 bits per heavy atom. The number of carbonyl (C=O) groups excluding carboxylic acids is 2. The van der Waals surface area contributed by atoms with Gasteiger partial charge in [-0.2, -0.15) is 0 Å². The first-order valence-electron chi connectivity index (χ1n) is 10.4. The van der Waals surface area contributed by atoms with Gasteiger partial charge in [-0.15, -0.1) is 0 Å². The van der Waals surface area contributed by atoms with Crippen LogP contribution in [0.4, 0.5) is 11.5 Å². The van der Waals surface area contributed by atoms with E-state index in [1.165, 1.54) is 0 Å². The van der Waals surface area contributed by atoms with Gasteiger partial charge in [-0.1, -0.05) is 0 Å². The van der Waals surface area contributed by atoms with Gasteiger partial charge in [0.05, 0.1) is 24.8 Å². The van der Waals surface area contributed by atoms with E-state index in [9.17, 15) is 14.7 Å². The molecule has 0 unspecified atom stereocenters. The van der Waals surface area contributed by atoms with Gasteiger partial charge in [0.15, 0.2) is 5.82 Å². The summed E-state index contributed by atoms with van der Waals surface area (Å²) in [7, 11) is 0. The molecule has 1 aromatic heterocycles. The molecule has 0 saturated carbocycles. The van der Waals surface area contributed by atoms with Crippen molar-refractivity contribution in [2.45, 2.75) is 44.3 Å². The minimum absolute atomic E-state index is 0.0133. The quantitative estimate of drug-likeness (QED) is 0.772. The van der Waals surface area contributed by atoms with Crippen LogP contribution in [0.25, 0.3) is 11.4 Å². The Labute approximate surface area is 174 Å². The lowest BCUT2D eigenvalue weighted by Crippen LogP contribution is -2.40. The predicted molar refractivity (Wildman–Crippen MR) is 110 cm³/mol. The van der Waals surface area contributed by atoms with E-state index in [0.29, 0.717) is 37.6 Å². The number of primary amides is 1. The van der Waals surface area contributed by atoms with E-state index >= 15 is 0 Å². The molecular formula is C21H25N5O4. The van der Waals surface area contributed by atoms with Gasteiger partial charge >= 0.3 is 0 Å². The van der Waals surface area contributed by atoms with E-state index in [4.69, 9.17) is 15.5 Å². The number of hydrogen-bond acceptors (Lipinski definition) is 6. The largest absolute Gasteiger partial charge is 0.491 e. The molecular weight excluding hydrogens is 386 g/mol. The molecule has 1 aromatic carbocycles. The van der Waals surface area contributed by atoms with Crippen LogP contribution in [0.2, 0.25) is 0 Å². The predicted octanol–water partition coefficient (Wildman–Crippen LogP) is 0.884. The summed E-state index contributed by atoms with van der Waals surface area (Å²) in [4.78, 5) is 32.5. The van der Waals surface area contributed by atoms with Crippen LogP contribution in [0.15, 0.2) is 24.4 Å². The molecule has 30 heavy (non-hydrogen) atoms. The number of fused-ring (bicyclic) bond motifs is 3. The van der Waals surface area contributed by atoms with Crippen LogP contribution >= 0.6 is 0 Å². The Morgan fingerprint density at radius 1 is 1.30 bits per heavy atom. The fraction of sp³-hybridized carbons (Fsp3) is 0.476. The van der Waals surface area contributed by atoms with Crippen molar-refractivity contribution in [2.75, 3.05) is 29.6 Å². The second-order valence-corrected chi connectivity index (χ2v) is 8.04. The SMILES string of the molecule is NC(=O)[C@@H]1CCCN1c1ccc2c(c1)OCCn1cc(N3C(=O)CC[C@@H]3CO)nc1-2. The number of benzene rings is 1. The van der Waals surface area contributed by atoms with Crippen LogP contribution in [-0.4, -0.2) is 58.3 Å². The molecule has 0 bridgehead atoms. The summed E-state index contributed by atoms with van der Waals surface area (Å²) in [5.74, 6) is 1.67. The lowest BCUT2D eigenvalue weighted by Gasteiger charge is -2.25. The Bertz CT molecular complexity index is 1000. The minimum Gasteiger partial charge on any atom is -0.491 e. The van der Waals surface area contributed by atoms with E-state index in [1.807, 2.05) is 33.9 Å². The highest BCUT2D eigenvalue weighted by Crippen LogP contribution is 2.38. The van der Waals surface area contributed by atoms with Crippen LogP contribution in [0, 0.1) is 0 Å². The van der Waals surface area contributed by atoms with Crippen molar-refractivity contribution in [1.82, 2.24) is 9.55 Å². The standard InChI is InChI=1S/C21H25N5O4/c22-20(29)16-2-1-7-25(16)13-3-5-15-17(10-13)30-9-8-24-11-18(23-21(15)24)26-14(12-27)4-6-19(26)28/h3,5,10-11,14,16,27H,1-2,4,6-9,12H2,(H2,22,29)/t14-,16+/m1/s1. The molecule has 9 heteroatoms. The fourth-order valence-electron chi connectivity index (χ4n) is 4.75. The zero-order valence-corrected chi connectivity index (χ0v) is 16.7. The lowest BCUT2D eigenvalue weighted by atomic mass is 10.1. The molecule has 2 fully saturated rings. The fourth-order valence-corrected chi connectivity index (χ4v) is 4.75. The summed E-state index contributed by atoms with van der Waals surface area (Å²) in [5, 5.41) is 9.63. The smallest absolute Gasteiger partial charge is 0.240 e. The number of ether oxygens (including phenoxy) is 1. The number of rotatable bonds is 4. The Morgan fingerprint density at radius 2 is 2.17 bits per heavy atom. The summed E-state index contributed by atoms with van der Waals surface area (Å²) < 4.78 is 7.98. The molecule has 0 radical (unpaired) electrons. The first-order chi connectivity index (χ1) is 14.6. The monoisotopic (exact) mass is 411 g/mol. The topological polar surface area (TPSA) is 114 Å². The molecule has 2 amide bonds. The molecule has 3 aliphatic rings. The molecule has 2 aromatic rings. The number of aromatic nitrogens is 2. The zero-order chi connectivity index (χ0) is 20.8. The summed E-state index contributed by atoms with van der Waals surface area (Å²) in [6.45, 7) is 1.78. The first-order valence-corrected chi connectivity index (χ1v) is 10.4. The average molecular weight is 411 g/mol. The maximum atomic E-state index is 12.3. The van der Waals surface area contributed by atoms with Gasteiger partial charge in [-0.25, -0.2) is 4.98 Å². The van der Waals surface area contributed by atoms with Gasteiger partial charge in [0.25, 0.3) is 0 Å². The van der Waals surface area contributed by atoms with Gasteiger partial charge in [0, 0.05) is 30.9 Å². The van der Waals surface area contributed by atoms with E-state index in [0.717, 1.165) is 36.5 Å². The van der Waals surface area contributed by atoms with Crippen LogP contribution in [0.3, 0.4) is 0 Å². The van der Waals surface area contributed by atoms with Crippen LogP contribution < -0.4 is 20.3 Å². The second kappa shape index (κ2) is 7.32. The Hall–Kier alpha value is -3.07. The highest BCUT2D eigenvalue weighted by molar-refractivity contribution is 5.95. The number of imidazole rings is 1. The van der Waals surface area contributed by atoms with E-state index in [-0.39, 0.29) is 30.5 Å². The van der Waals surface area contributed by atoms with Crippen LogP contribution in [0.1, 0.15) is 25.7 Å². The van der Waals surface area contributed by atoms with E-state index in [1.54, 1.807) is 4.90 Å². The third kappa shape index (κ3) is 3.00. The number of amides is 2. The highest BCUT2D eigenvalue weighted by Gasteiger charge is 2.35. The van der Waals surface area contributed by atoms with Gasteiger partial charge in [0.2, 0.25) is 11.8 Å². The van der Waals surface area contributed by atoms with E-state index in [2.05, 4.69) is 0 Å². The molecule has 5 rings (SSSR count). The third-order valence-corrected chi connectivity index (χ3v) is 6.26. The highest BCUT2D eigenvalue weighted by atomic mass is 16.5. The third-order valence-electron chi connectivity index (χ3n) is 6.26. The van der Waals surface area contributed by atoms with Gasteiger partial charge in [-0.05, 0) is 31.4 Å². The Kier molecular flexibility index (Phi) is 4.62. The number of aliphatic hydroxyl groups excluding tert-OH is 1. The molecule has 3 aliphatic heterocycles. The molecule has 2 saturated heterocycles. The van der Waals surface area contributed by atoms with Crippen molar-refractivity contribution in [1.29, 1.82) is 0 Å². The first kappa shape index (κ1) is 18.9. The lowest BCUT2D eigenvalue weighted by molar-refractivity contribution is -0.119. The van der Waals surface area contributed by atoms with Gasteiger partial charge in [0.1, 0.15) is 24.2 Å². The number of aliphatic hydroxyl groups is 1. The molecule has 158 valence electrons. The maximum Gasteiger partial charge on any atom is 0.240 e. The van der Waals surface area contributed by atoms with Crippen molar-refractivity contribution < 1.29 is 19.4 Å². The number of anilines is 2. The molecule has 0 aliphatic carbocycles. The zero-order valence-electron chi connectivity index (χ0n) is 16.7. The van der Waals surface area contributed by atoms with Crippen LogP contribution in [0.5, 0.6) is 5.75 Å². The van der Waals surface area contributed by atoms with Gasteiger partial charge in [-0.3, -0.25) is 14.5 Å². The normalized spacial score (nSPS) is 23.2. The minimum atomic E-state index is -0.308. The van der Waals surface area contributed by atoms with Gasteiger partial charge < -0.3 is 25.0 Å². The van der Waals surface area contributed by atoms with Crippen molar-refractivity contribution in [3.63, 3.8) is 0 Å². The van der Waals surface area contributed by atoms with Crippen molar-refractivity contribution in [3.8, 4) is 17.1 Å². The number of nitrogens with two attached hydrogens (primary N) is 1. The molecule has 3 N–H and O–H groups in total. The number of hydrogen-bond donors (Lipinski definition) is 2. The average Bonchev–Trinajstić information content (AvgIpc) is 3.44. The van der Waals surface area contributed by atoms with Crippen molar-refractivity contribution in [3.05, 3.63) is 24.4 Å². The number of nitrogens with zero attached hydrogens (tertiary/aromatic N) is 4. The van der Waals surface area contributed by atoms with Crippen molar-refractivity contribution >= 4 is 23.3 Å². The van der Waals surface area contributed by atoms with Crippen molar-refractivity contribution in [2.24, 2.45) is 5.73 Å². The summed E-state index contributed by atoms with van der Waals surface area (Å²) in [6, 6.07) is 5.34. The second-order valence-electron chi connectivity index (χ2n) is 8.04. The summed E-state index contributed by atoms with van der Waals surface area (Å²) >= 11 is 0. The molecule has 2 atom stereocenters. The Balaban J connectivity index is 1.51. The van der Waals surface area contributed by atoms with E-state index < -0.39 is 0 Å². The molecule has 4 heterocycles. The summed E-state index contributed by atoms with van der Waals surface area (Å²) in [6.07, 6.45) is 4.61.